The number of allylic oxidation sites excluding steroid dienone is 20. The SMILES string of the molecule is C/C=C\C=C(/CCC)C1=CC=C(\C2=C3/CCC=C/C3=C(C)\C(C)=C\C=C(\c3ccc([C@@H]4CC=CCC4)c4ccccc34)CN(C3C=CC4CCC=CC4C3)C2)CC1. The molecule has 6 aliphatic rings. The number of benzene rings is 2. The van der Waals surface area contributed by atoms with Gasteiger partial charge >= 0.3 is 0 Å². The molecule has 4 atom stereocenters. The molecule has 0 saturated heterocycles. The highest BCUT2D eigenvalue weighted by molar-refractivity contribution is 5.97. The molecular formula is C56H65N. The number of hydrogen-bond acceptors (Lipinski definition) is 1. The first-order valence-corrected chi connectivity index (χ1v) is 22.5. The molecule has 0 amide bonds. The van der Waals surface area contributed by atoms with Gasteiger partial charge in [-0.25, -0.2) is 0 Å². The molecule has 0 saturated carbocycles. The van der Waals surface area contributed by atoms with Crippen LogP contribution in [0.15, 0.2) is 172 Å². The Bertz CT molecular complexity index is 2210. The van der Waals surface area contributed by atoms with Crippen LogP contribution in [0.2, 0.25) is 0 Å². The highest BCUT2D eigenvalue weighted by atomic mass is 15.2. The van der Waals surface area contributed by atoms with Gasteiger partial charge in [0, 0.05) is 19.1 Å². The Hall–Kier alpha value is -4.46. The number of rotatable bonds is 8. The van der Waals surface area contributed by atoms with Crippen LogP contribution < -0.4 is 0 Å². The molecule has 0 N–H and O–H groups in total. The minimum absolute atomic E-state index is 0.376. The monoisotopic (exact) mass is 752 g/mol. The Morgan fingerprint density at radius 3 is 2.42 bits per heavy atom. The molecule has 1 heteroatoms. The molecule has 3 unspecified atom stereocenters. The van der Waals surface area contributed by atoms with Crippen molar-refractivity contribution in [2.24, 2.45) is 11.8 Å². The van der Waals surface area contributed by atoms with Crippen LogP contribution in [-0.4, -0.2) is 24.0 Å². The predicted octanol–water partition coefficient (Wildman–Crippen LogP) is 15.1. The summed E-state index contributed by atoms with van der Waals surface area (Å²) in [6.45, 7) is 11.0. The molecule has 1 nitrogen and oxygen atoms in total. The molecule has 294 valence electrons. The average Bonchev–Trinajstić information content (AvgIpc) is 3.29. The summed E-state index contributed by atoms with van der Waals surface area (Å²) in [5.41, 5.74) is 16.3. The van der Waals surface area contributed by atoms with E-state index in [-0.39, 0.29) is 0 Å². The van der Waals surface area contributed by atoms with Crippen LogP contribution >= 0.6 is 0 Å². The van der Waals surface area contributed by atoms with Gasteiger partial charge in [0.05, 0.1) is 0 Å². The van der Waals surface area contributed by atoms with Gasteiger partial charge in [-0.05, 0) is 181 Å². The first kappa shape index (κ1) is 39.4. The fourth-order valence-electron chi connectivity index (χ4n) is 10.6. The predicted molar refractivity (Wildman–Crippen MR) is 247 cm³/mol. The maximum Gasteiger partial charge on any atom is 0.0291 e. The summed E-state index contributed by atoms with van der Waals surface area (Å²) in [5.74, 6) is 1.89. The summed E-state index contributed by atoms with van der Waals surface area (Å²) in [5, 5.41) is 2.83. The molecule has 0 fully saturated rings. The largest absolute Gasteiger partial charge is 0.288 e. The summed E-state index contributed by atoms with van der Waals surface area (Å²) in [6, 6.07) is 14.6. The van der Waals surface area contributed by atoms with Crippen LogP contribution in [0.1, 0.15) is 122 Å². The van der Waals surface area contributed by atoms with E-state index in [2.05, 4.69) is 160 Å². The zero-order valence-corrected chi connectivity index (χ0v) is 35.3. The van der Waals surface area contributed by atoms with Gasteiger partial charge < -0.3 is 0 Å². The Labute approximate surface area is 344 Å². The lowest BCUT2D eigenvalue weighted by atomic mass is 9.76. The highest BCUT2D eigenvalue weighted by Gasteiger charge is 2.32. The topological polar surface area (TPSA) is 3.24 Å². The van der Waals surface area contributed by atoms with Crippen LogP contribution in [-0.2, 0) is 0 Å². The van der Waals surface area contributed by atoms with E-state index in [1.807, 2.05) is 0 Å². The average molecular weight is 752 g/mol. The maximum absolute atomic E-state index is 2.88. The minimum atomic E-state index is 0.376. The molecule has 8 rings (SSSR count). The zero-order valence-electron chi connectivity index (χ0n) is 35.3. The van der Waals surface area contributed by atoms with Crippen LogP contribution in [0, 0.1) is 11.8 Å². The van der Waals surface area contributed by atoms with Crippen molar-refractivity contribution < 1.29 is 0 Å². The Morgan fingerprint density at radius 2 is 1.61 bits per heavy atom. The molecule has 2 aromatic carbocycles. The Balaban J connectivity index is 1.27. The molecular weight excluding hydrogens is 687 g/mol. The van der Waals surface area contributed by atoms with Gasteiger partial charge in [-0.1, -0.05) is 141 Å². The van der Waals surface area contributed by atoms with E-state index in [9.17, 15) is 0 Å². The zero-order chi connectivity index (χ0) is 39.1. The first-order valence-electron chi connectivity index (χ1n) is 22.5. The van der Waals surface area contributed by atoms with Crippen molar-refractivity contribution in [1.82, 2.24) is 4.90 Å². The van der Waals surface area contributed by atoms with Gasteiger partial charge in [-0.3, -0.25) is 4.90 Å². The second-order valence-electron chi connectivity index (χ2n) is 17.5. The van der Waals surface area contributed by atoms with E-state index in [0.717, 1.165) is 51.6 Å². The van der Waals surface area contributed by atoms with Crippen LogP contribution in [0.4, 0.5) is 0 Å². The van der Waals surface area contributed by atoms with Crippen molar-refractivity contribution in [3.63, 3.8) is 0 Å². The van der Waals surface area contributed by atoms with Crippen molar-refractivity contribution in [2.75, 3.05) is 13.1 Å². The summed E-state index contributed by atoms with van der Waals surface area (Å²) in [6.07, 6.45) is 50.5. The number of fused-ring (bicyclic) bond motifs is 3. The van der Waals surface area contributed by atoms with Crippen LogP contribution in [0.25, 0.3) is 16.3 Å². The molecule has 5 aliphatic carbocycles. The van der Waals surface area contributed by atoms with Crippen LogP contribution in [0.3, 0.4) is 0 Å². The fraction of sp³-hybridized carbons (Fsp3) is 0.393. The second kappa shape index (κ2) is 18.4. The van der Waals surface area contributed by atoms with E-state index < -0.39 is 0 Å². The van der Waals surface area contributed by atoms with E-state index in [0.29, 0.717) is 23.8 Å². The molecule has 1 aliphatic heterocycles. The minimum Gasteiger partial charge on any atom is -0.288 e. The second-order valence-corrected chi connectivity index (χ2v) is 17.5. The van der Waals surface area contributed by atoms with Gasteiger partial charge in [0.2, 0.25) is 0 Å². The lowest BCUT2D eigenvalue weighted by Crippen LogP contribution is -2.41. The number of hydrogen-bond donors (Lipinski definition) is 0. The van der Waals surface area contributed by atoms with Gasteiger partial charge in [-0.15, -0.1) is 0 Å². The van der Waals surface area contributed by atoms with Gasteiger partial charge in [0.15, 0.2) is 0 Å². The molecule has 1 heterocycles. The van der Waals surface area contributed by atoms with Gasteiger partial charge in [-0.2, -0.15) is 0 Å². The standard InChI is InChI=1S/C56H65N/c1-5-7-18-42(17-6-2)44-29-31-46(32-30-44)56-39-57(49-34-33-43-19-11-12-22-47(43)37-49)38-48(28-27-40(3)41(4)50-23-13-14-24-53(50)56)52-36-35-51(45-20-9-8-10-21-45)54-25-15-16-26-55(52)54/h5,7-9,12-13,15-16,18,22-23,25-29,31,33-36,43,45,47,49H,6,10-11,14,17,19-21,24,30,32,37-39H2,1-4H3/b7-5-,40-27+,42-18+,48-28+,50-41+,56-53+/t43?,45-,47?,49?/m1/s1. The molecule has 0 spiro atoms. The van der Waals surface area contributed by atoms with E-state index in [1.54, 1.807) is 16.7 Å². The lowest BCUT2D eigenvalue weighted by Gasteiger charge is -2.40. The van der Waals surface area contributed by atoms with Crippen molar-refractivity contribution >= 4 is 16.3 Å². The summed E-state index contributed by atoms with van der Waals surface area (Å²) < 4.78 is 0. The third-order valence-electron chi connectivity index (χ3n) is 13.9. The molecule has 0 radical (unpaired) electrons. The van der Waals surface area contributed by atoms with Crippen molar-refractivity contribution in [3.8, 4) is 0 Å². The Kier molecular flexibility index (Phi) is 12.7. The van der Waals surface area contributed by atoms with Crippen molar-refractivity contribution in [2.45, 2.75) is 117 Å². The van der Waals surface area contributed by atoms with Gasteiger partial charge in [0.25, 0.3) is 0 Å². The molecule has 57 heavy (non-hydrogen) atoms. The van der Waals surface area contributed by atoms with Crippen LogP contribution in [0.5, 0.6) is 0 Å². The maximum atomic E-state index is 2.88. The third-order valence-corrected chi connectivity index (χ3v) is 13.9. The molecule has 2 aromatic rings. The third kappa shape index (κ3) is 8.71. The quantitative estimate of drug-likeness (QED) is 0.192. The highest BCUT2D eigenvalue weighted by Crippen LogP contribution is 2.42. The molecule has 0 bridgehead atoms. The number of nitrogens with zero attached hydrogens (tertiary/aromatic N) is 1. The molecule has 0 aromatic heterocycles. The van der Waals surface area contributed by atoms with Crippen molar-refractivity contribution in [1.29, 1.82) is 0 Å². The van der Waals surface area contributed by atoms with E-state index in [4.69, 9.17) is 0 Å². The normalized spacial score (nSPS) is 30.6. The van der Waals surface area contributed by atoms with E-state index >= 15 is 0 Å². The Morgan fingerprint density at radius 1 is 0.754 bits per heavy atom. The smallest absolute Gasteiger partial charge is 0.0291 e. The summed E-state index contributed by atoms with van der Waals surface area (Å²) in [7, 11) is 0. The van der Waals surface area contributed by atoms with Crippen molar-refractivity contribution in [3.05, 3.63) is 183 Å². The fourth-order valence-corrected chi connectivity index (χ4v) is 10.6. The summed E-state index contributed by atoms with van der Waals surface area (Å²) in [4.78, 5) is 2.88. The lowest BCUT2D eigenvalue weighted by molar-refractivity contribution is 0.219. The first-order chi connectivity index (χ1) is 28.0. The van der Waals surface area contributed by atoms with E-state index in [1.165, 1.54) is 93.9 Å². The summed E-state index contributed by atoms with van der Waals surface area (Å²) >= 11 is 0. The van der Waals surface area contributed by atoms with Gasteiger partial charge in [0.1, 0.15) is 0 Å².